The van der Waals surface area contributed by atoms with Crippen LogP contribution >= 0.6 is 0 Å². The number of anilines is 2. The second-order valence-electron chi connectivity index (χ2n) is 5.73. The summed E-state index contributed by atoms with van der Waals surface area (Å²) in [4.78, 5) is 2.35. The van der Waals surface area contributed by atoms with Crippen molar-refractivity contribution in [3.8, 4) is 5.75 Å². The average molecular weight is 249 g/mol. The molecule has 0 saturated carbocycles. The van der Waals surface area contributed by atoms with Crippen molar-refractivity contribution in [3.05, 3.63) is 18.2 Å². The van der Waals surface area contributed by atoms with E-state index in [1.165, 1.54) is 0 Å². The van der Waals surface area contributed by atoms with Crippen LogP contribution < -0.4 is 21.1 Å². The molecule has 0 amide bonds. The van der Waals surface area contributed by atoms with E-state index in [1.807, 2.05) is 18.2 Å². The maximum absolute atomic E-state index is 6.16. The monoisotopic (exact) mass is 249 g/mol. The van der Waals surface area contributed by atoms with Crippen LogP contribution in [0.15, 0.2) is 18.2 Å². The number of piperidine rings is 1. The molecule has 0 aliphatic carbocycles. The topological polar surface area (TPSA) is 64.5 Å². The smallest absolute Gasteiger partial charge is 0.143 e. The molecule has 100 valence electrons. The summed E-state index contributed by atoms with van der Waals surface area (Å²) in [7, 11) is 1.64. The van der Waals surface area contributed by atoms with Gasteiger partial charge in [-0.3, -0.25) is 0 Å². The Morgan fingerprint density at radius 2 is 2.11 bits per heavy atom. The van der Waals surface area contributed by atoms with Gasteiger partial charge in [-0.2, -0.15) is 0 Å². The van der Waals surface area contributed by atoms with Crippen LogP contribution in [0.3, 0.4) is 0 Å². The van der Waals surface area contributed by atoms with Crippen LogP contribution in [0.4, 0.5) is 11.4 Å². The molecule has 2 rings (SSSR count). The number of ether oxygens (including phenoxy) is 1. The second-order valence-corrected chi connectivity index (χ2v) is 5.73. The van der Waals surface area contributed by atoms with E-state index in [4.69, 9.17) is 16.2 Å². The molecule has 1 aromatic rings. The van der Waals surface area contributed by atoms with Crippen molar-refractivity contribution in [3.63, 3.8) is 0 Å². The molecule has 0 spiro atoms. The van der Waals surface area contributed by atoms with Crippen LogP contribution in [0.5, 0.6) is 5.75 Å². The van der Waals surface area contributed by atoms with E-state index in [1.54, 1.807) is 7.11 Å². The fourth-order valence-corrected chi connectivity index (χ4v) is 2.49. The zero-order chi connectivity index (χ0) is 13.3. The highest BCUT2D eigenvalue weighted by Crippen LogP contribution is 2.33. The predicted molar refractivity (Wildman–Crippen MR) is 76.0 cm³/mol. The van der Waals surface area contributed by atoms with Crippen LogP contribution in [-0.2, 0) is 0 Å². The van der Waals surface area contributed by atoms with Gasteiger partial charge in [-0.1, -0.05) is 13.8 Å². The summed E-state index contributed by atoms with van der Waals surface area (Å²) >= 11 is 0. The van der Waals surface area contributed by atoms with Crippen LogP contribution in [0, 0.1) is 5.41 Å². The first kappa shape index (κ1) is 13.0. The summed E-state index contributed by atoms with van der Waals surface area (Å²) in [5, 5.41) is 0. The third kappa shape index (κ3) is 2.38. The lowest BCUT2D eigenvalue weighted by atomic mass is 9.79. The lowest BCUT2D eigenvalue weighted by Crippen LogP contribution is -2.52. The average Bonchev–Trinajstić information content (AvgIpc) is 2.33. The van der Waals surface area contributed by atoms with E-state index >= 15 is 0 Å². The highest BCUT2D eigenvalue weighted by molar-refractivity contribution is 5.62. The van der Waals surface area contributed by atoms with Gasteiger partial charge in [0, 0.05) is 30.9 Å². The van der Waals surface area contributed by atoms with E-state index < -0.39 is 0 Å². The molecule has 4 N–H and O–H groups in total. The fourth-order valence-electron chi connectivity index (χ4n) is 2.49. The molecular weight excluding hydrogens is 226 g/mol. The third-order valence-electron chi connectivity index (χ3n) is 3.89. The summed E-state index contributed by atoms with van der Waals surface area (Å²) < 4.78 is 5.27. The van der Waals surface area contributed by atoms with Gasteiger partial charge >= 0.3 is 0 Å². The molecule has 1 aromatic carbocycles. The summed E-state index contributed by atoms with van der Waals surface area (Å²) in [6.45, 7) is 6.38. The molecule has 4 nitrogen and oxygen atoms in total. The number of rotatable bonds is 2. The van der Waals surface area contributed by atoms with Gasteiger partial charge in [0.05, 0.1) is 12.8 Å². The van der Waals surface area contributed by atoms with Gasteiger partial charge in [-0.25, -0.2) is 0 Å². The van der Waals surface area contributed by atoms with Crippen molar-refractivity contribution in [2.24, 2.45) is 11.1 Å². The zero-order valence-corrected chi connectivity index (χ0v) is 11.4. The van der Waals surface area contributed by atoms with Crippen molar-refractivity contribution in [2.75, 3.05) is 30.8 Å². The standard InChI is InChI=1S/C14H23N3O/c1-14(2)9-17(7-6-13(14)16)10-4-5-11(15)12(8-10)18-3/h4-5,8,13H,6-7,9,15-16H2,1-3H3/t13-/m0/s1. The van der Waals surface area contributed by atoms with E-state index in [0.717, 1.165) is 30.9 Å². The van der Waals surface area contributed by atoms with Crippen LogP contribution in [0.1, 0.15) is 20.3 Å². The zero-order valence-electron chi connectivity index (χ0n) is 11.4. The second kappa shape index (κ2) is 4.69. The van der Waals surface area contributed by atoms with Gasteiger partial charge < -0.3 is 21.1 Å². The Hall–Kier alpha value is -1.42. The third-order valence-corrected chi connectivity index (χ3v) is 3.89. The molecule has 1 atom stereocenters. The molecule has 0 radical (unpaired) electrons. The molecule has 4 heteroatoms. The number of nitrogens with zero attached hydrogens (tertiary/aromatic N) is 1. The van der Waals surface area contributed by atoms with E-state index in [9.17, 15) is 0 Å². The van der Waals surface area contributed by atoms with Gasteiger partial charge in [0.1, 0.15) is 5.75 Å². The van der Waals surface area contributed by atoms with E-state index in [0.29, 0.717) is 5.69 Å². The first-order valence-electron chi connectivity index (χ1n) is 6.38. The van der Waals surface area contributed by atoms with E-state index in [2.05, 4.69) is 18.7 Å². The number of hydrogen-bond acceptors (Lipinski definition) is 4. The Kier molecular flexibility index (Phi) is 3.39. The molecular formula is C14H23N3O. The first-order valence-corrected chi connectivity index (χ1v) is 6.38. The Morgan fingerprint density at radius 3 is 2.72 bits per heavy atom. The molecule has 0 unspecified atom stereocenters. The van der Waals surface area contributed by atoms with Gasteiger partial charge in [0.15, 0.2) is 0 Å². The van der Waals surface area contributed by atoms with Gasteiger partial charge in [-0.05, 0) is 24.0 Å². The summed E-state index contributed by atoms with van der Waals surface area (Å²) in [5.41, 5.74) is 14.0. The fraction of sp³-hybridized carbons (Fsp3) is 0.571. The summed E-state index contributed by atoms with van der Waals surface area (Å²) in [6.07, 6.45) is 1.01. The minimum atomic E-state index is 0.132. The molecule has 0 aromatic heterocycles. The lowest BCUT2D eigenvalue weighted by Gasteiger charge is -2.43. The van der Waals surface area contributed by atoms with E-state index in [-0.39, 0.29) is 11.5 Å². The molecule has 18 heavy (non-hydrogen) atoms. The van der Waals surface area contributed by atoms with Crippen LogP contribution in [0.2, 0.25) is 0 Å². The van der Waals surface area contributed by atoms with Crippen LogP contribution in [-0.4, -0.2) is 26.2 Å². The largest absolute Gasteiger partial charge is 0.495 e. The van der Waals surface area contributed by atoms with Gasteiger partial charge in [0.25, 0.3) is 0 Å². The van der Waals surface area contributed by atoms with Crippen molar-refractivity contribution in [2.45, 2.75) is 26.3 Å². The first-order chi connectivity index (χ1) is 8.44. The normalized spacial score (nSPS) is 22.9. The highest BCUT2D eigenvalue weighted by Gasteiger charge is 2.33. The van der Waals surface area contributed by atoms with Crippen molar-refractivity contribution < 1.29 is 4.74 Å². The molecule has 1 aliphatic rings. The Bertz CT molecular complexity index is 431. The maximum Gasteiger partial charge on any atom is 0.143 e. The number of hydrogen-bond donors (Lipinski definition) is 2. The minimum absolute atomic E-state index is 0.132. The molecule has 1 saturated heterocycles. The van der Waals surface area contributed by atoms with Crippen molar-refractivity contribution >= 4 is 11.4 Å². The molecule has 1 fully saturated rings. The van der Waals surface area contributed by atoms with Gasteiger partial charge in [0.2, 0.25) is 0 Å². The Morgan fingerprint density at radius 1 is 1.39 bits per heavy atom. The predicted octanol–water partition coefficient (Wildman–Crippen LogP) is 1.84. The number of nitrogen functional groups attached to an aromatic ring is 1. The number of benzene rings is 1. The van der Waals surface area contributed by atoms with Crippen LogP contribution in [0.25, 0.3) is 0 Å². The van der Waals surface area contributed by atoms with Gasteiger partial charge in [-0.15, -0.1) is 0 Å². The van der Waals surface area contributed by atoms with Crippen molar-refractivity contribution in [1.29, 1.82) is 0 Å². The minimum Gasteiger partial charge on any atom is -0.495 e. The lowest BCUT2D eigenvalue weighted by molar-refractivity contribution is 0.245. The Labute approximate surface area is 109 Å². The number of nitrogens with two attached hydrogens (primary N) is 2. The molecule has 1 heterocycles. The number of methoxy groups -OCH3 is 1. The summed E-state index contributed by atoms with van der Waals surface area (Å²) in [5.74, 6) is 0.736. The summed E-state index contributed by atoms with van der Waals surface area (Å²) in [6, 6.07) is 6.22. The highest BCUT2D eigenvalue weighted by atomic mass is 16.5. The molecule has 0 bridgehead atoms. The SMILES string of the molecule is COc1cc(N2CC[C@H](N)C(C)(C)C2)ccc1N. The van der Waals surface area contributed by atoms with Crippen molar-refractivity contribution in [1.82, 2.24) is 0 Å². The molecule has 1 aliphatic heterocycles. The Balaban J connectivity index is 2.22. The quantitative estimate of drug-likeness (QED) is 0.785. The maximum atomic E-state index is 6.16.